The Labute approximate surface area is 173 Å². The van der Waals surface area contributed by atoms with Crippen LogP contribution in [-0.2, 0) is 21.2 Å². The highest BCUT2D eigenvalue weighted by molar-refractivity contribution is 7.89. The summed E-state index contributed by atoms with van der Waals surface area (Å²) in [7, 11) is -3.67. The molecule has 1 aliphatic heterocycles. The monoisotopic (exact) mass is 431 g/mol. The van der Waals surface area contributed by atoms with E-state index in [2.05, 4.69) is 9.88 Å². The molecular weight excluding hydrogens is 410 g/mol. The number of carbonyl (C=O) groups is 1. The molecule has 1 fully saturated rings. The van der Waals surface area contributed by atoms with E-state index in [9.17, 15) is 13.2 Å². The van der Waals surface area contributed by atoms with Crippen molar-refractivity contribution in [2.45, 2.75) is 18.2 Å². The number of benzene rings is 2. The molecule has 0 aliphatic carbocycles. The maximum atomic E-state index is 13.1. The van der Waals surface area contributed by atoms with E-state index < -0.39 is 16.0 Å². The predicted molar refractivity (Wildman–Crippen MR) is 113 cm³/mol. The number of fused-ring (bicyclic) bond motifs is 1. The summed E-state index contributed by atoms with van der Waals surface area (Å²) >= 11 is 1.61. The summed E-state index contributed by atoms with van der Waals surface area (Å²) in [5.74, 6) is -0.980. The molecule has 0 bridgehead atoms. The minimum atomic E-state index is -3.67. The lowest BCUT2D eigenvalue weighted by Gasteiger charge is -2.33. The molecule has 7 nitrogen and oxygen atoms in total. The number of aliphatic carboxylic acids is 1. The molecule has 29 heavy (non-hydrogen) atoms. The molecule has 0 radical (unpaired) electrons. The molecule has 1 N–H and O–H groups in total. The fourth-order valence-electron chi connectivity index (χ4n) is 3.43. The zero-order valence-electron chi connectivity index (χ0n) is 15.9. The Hall–Kier alpha value is -2.49. The van der Waals surface area contributed by atoms with Crippen molar-refractivity contribution in [3.63, 3.8) is 0 Å². The fourth-order valence-corrected chi connectivity index (χ4v) is 5.92. The zero-order valence-corrected chi connectivity index (χ0v) is 17.5. The Morgan fingerprint density at radius 2 is 1.86 bits per heavy atom. The van der Waals surface area contributed by atoms with E-state index in [4.69, 9.17) is 5.11 Å². The van der Waals surface area contributed by atoms with Gasteiger partial charge >= 0.3 is 5.97 Å². The van der Waals surface area contributed by atoms with Crippen LogP contribution in [0.25, 0.3) is 10.2 Å². The van der Waals surface area contributed by atoms with Crippen molar-refractivity contribution in [1.82, 2.24) is 9.29 Å². The summed E-state index contributed by atoms with van der Waals surface area (Å²) < 4.78 is 28.7. The minimum Gasteiger partial charge on any atom is -0.481 e. The Kier molecular flexibility index (Phi) is 5.28. The third-order valence-electron chi connectivity index (χ3n) is 5.09. The van der Waals surface area contributed by atoms with Gasteiger partial charge in [-0.3, -0.25) is 4.79 Å². The number of para-hydroxylation sites is 1. The summed E-state index contributed by atoms with van der Waals surface area (Å²) in [6.45, 7) is 3.63. The van der Waals surface area contributed by atoms with Crippen LogP contribution in [0.4, 0.5) is 5.13 Å². The van der Waals surface area contributed by atoms with E-state index in [1.165, 1.54) is 10.4 Å². The van der Waals surface area contributed by atoms with Crippen LogP contribution in [0.2, 0.25) is 0 Å². The summed E-state index contributed by atoms with van der Waals surface area (Å²) in [6, 6.07) is 12.6. The molecular formula is C20H21N3O4S2. The molecule has 2 heterocycles. The van der Waals surface area contributed by atoms with Gasteiger partial charge in [-0.1, -0.05) is 29.5 Å². The van der Waals surface area contributed by atoms with E-state index in [0.29, 0.717) is 31.7 Å². The molecule has 4 rings (SSSR count). The Morgan fingerprint density at radius 3 is 2.55 bits per heavy atom. The normalized spacial score (nSPS) is 15.7. The number of thiazole rings is 1. The molecule has 0 atom stereocenters. The van der Waals surface area contributed by atoms with Crippen LogP contribution >= 0.6 is 11.3 Å². The van der Waals surface area contributed by atoms with Crippen molar-refractivity contribution in [2.24, 2.45) is 0 Å². The van der Waals surface area contributed by atoms with Crippen molar-refractivity contribution < 1.29 is 18.3 Å². The SMILES string of the molecule is Cc1ccc(S(=O)(=O)N2CCN(c3nc4ccccc4s3)CC2)cc1CC(=O)O. The Balaban J connectivity index is 1.50. The zero-order chi connectivity index (χ0) is 20.6. The number of sulfonamides is 1. The number of carboxylic acid groups (broad SMARTS) is 1. The predicted octanol–water partition coefficient (Wildman–Crippen LogP) is 2.74. The van der Waals surface area contributed by atoms with E-state index in [0.717, 1.165) is 20.9 Å². The first-order chi connectivity index (χ1) is 13.8. The van der Waals surface area contributed by atoms with Crippen molar-refractivity contribution in [3.8, 4) is 0 Å². The summed E-state index contributed by atoms with van der Waals surface area (Å²) in [5.41, 5.74) is 2.24. The smallest absolute Gasteiger partial charge is 0.307 e. The second kappa shape index (κ2) is 7.74. The molecule has 1 aliphatic rings. The number of aromatic nitrogens is 1. The molecule has 3 aromatic rings. The first-order valence-corrected chi connectivity index (χ1v) is 11.5. The third-order valence-corrected chi connectivity index (χ3v) is 8.08. The topological polar surface area (TPSA) is 90.8 Å². The highest BCUT2D eigenvalue weighted by Gasteiger charge is 2.30. The van der Waals surface area contributed by atoms with E-state index in [1.807, 2.05) is 24.3 Å². The van der Waals surface area contributed by atoms with Crippen LogP contribution < -0.4 is 4.90 Å². The van der Waals surface area contributed by atoms with Gasteiger partial charge in [-0.25, -0.2) is 13.4 Å². The highest BCUT2D eigenvalue weighted by Crippen LogP contribution is 2.30. The van der Waals surface area contributed by atoms with Gasteiger partial charge in [0.25, 0.3) is 0 Å². The summed E-state index contributed by atoms with van der Waals surface area (Å²) in [6.07, 6.45) is -0.194. The third kappa shape index (κ3) is 3.98. The van der Waals surface area contributed by atoms with Gasteiger partial charge in [0, 0.05) is 26.2 Å². The second-order valence-corrected chi connectivity index (χ2v) is 9.96. The standard InChI is InChI=1S/C20H21N3O4S2/c1-14-6-7-16(12-15(14)13-19(24)25)29(26,27)23-10-8-22(9-11-23)20-21-17-4-2-3-5-18(17)28-20/h2-7,12H,8-11,13H2,1H3,(H,24,25). The average molecular weight is 432 g/mol. The average Bonchev–Trinajstić information content (AvgIpc) is 3.13. The van der Waals surface area contributed by atoms with Crippen molar-refractivity contribution in [1.29, 1.82) is 0 Å². The number of anilines is 1. The molecule has 9 heteroatoms. The Morgan fingerprint density at radius 1 is 1.14 bits per heavy atom. The van der Waals surface area contributed by atoms with Gasteiger partial charge in [0.2, 0.25) is 10.0 Å². The number of carboxylic acids is 1. The van der Waals surface area contributed by atoms with Crippen molar-refractivity contribution >= 4 is 42.7 Å². The van der Waals surface area contributed by atoms with E-state index >= 15 is 0 Å². The molecule has 0 saturated carbocycles. The number of hydrogen-bond donors (Lipinski definition) is 1. The van der Waals surface area contributed by atoms with Gasteiger partial charge in [-0.2, -0.15) is 4.31 Å². The van der Waals surface area contributed by atoms with Crippen molar-refractivity contribution in [2.75, 3.05) is 31.1 Å². The lowest BCUT2D eigenvalue weighted by atomic mass is 10.1. The van der Waals surface area contributed by atoms with E-state index in [1.54, 1.807) is 30.4 Å². The van der Waals surface area contributed by atoms with Crippen LogP contribution in [-0.4, -0.2) is 55.0 Å². The molecule has 1 saturated heterocycles. The number of aryl methyl sites for hydroxylation is 1. The summed E-state index contributed by atoms with van der Waals surface area (Å²) in [4.78, 5) is 18.0. The molecule has 1 aromatic heterocycles. The first kappa shape index (κ1) is 19.8. The maximum Gasteiger partial charge on any atom is 0.307 e. The molecule has 152 valence electrons. The van der Waals surface area contributed by atoms with Gasteiger partial charge in [0.05, 0.1) is 21.5 Å². The number of nitrogens with zero attached hydrogens (tertiary/aromatic N) is 3. The maximum absolute atomic E-state index is 13.1. The van der Waals surface area contributed by atoms with Crippen molar-refractivity contribution in [3.05, 3.63) is 53.6 Å². The van der Waals surface area contributed by atoms with Crippen LogP contribution in [0, 0.1) is 6.92 Å². The largest absolute Gasteiger partial charge is 0.481 e. The lowest BCUT2D eigenvalue weighted by Crippen LogP contribution is -2.48. The minimum absolute atomic E-state index is 0.146. The molecule has 0 unspecified atom stereocenters. The van der Waals surface area contributed by atoms with Crippen LogP contribution in [0.3, 0.4) is 0 Å². The van der Waals surface area contributed by atoms with Gasteiger partial charge < -0.3 is 10.0 Å². The number of piperazine rings is 1. The van der Waals surface area contributed by atoms with Gasteiger partial charge in [-0.05, 0) is 42.3 Å². The molecule has 0 amide bonds. The van der Waals surface area contributed by atoms with Gasteiger partial charge in [-0.15, -0.1) is 0 Å². The highest BCUT2D eigenvalue weighted by atomic mass is 32.2. The van der Waals surface area contributed by atoms with Gasteiger partial charge in [0.1, 0.15) is 0 Å². The molecule has 0 spiro atoms. The Bertz CT molecular complexity index is 1130. The first-order valence-electron chi connectivity index (χ1n) is 9.26. The number of rotatable bonds is 5. The van der Waals surface area contributed by atoms with E-state index in [-0.39, 0.29) is 11.3 Å². The lowest BCUT2D eigenvalue weighted by molar-refractivity contribution is -0.136. The number of hydrogen-bond acceptors (Lipinski definition) is 6. The van der Waals surface area contributed by atoms with Crippen LogP contribution in [0.1, 0.15) is 11.1 Å². The van der Waals surface area contributed by atoms with Gasteiger partial charge in [0.15, 0.2) is 5.13 Å². The fraction of sp³-hybridized carbons (Fsp3) is 0.300. The van der Waals surface area contributed by atoms with Crippen LogP contribution in [0.5, 0.6) is 0 Å². The second-order valence-electron chi connectivity index (χ2n) is 7.01. The van der Waals surface area contributed by atoms with Crippen LogP contribution in [0.15, 0.2) is 47.4 Å². The quantitative estimate of drug-likeness (QED) is 0.668. The molecule has 2 aromatic carbocycles. The summed E-state index contributed by atoms with van der Waals surface area (Å²) in [5, 5.41) is 9.96.